The number of methoxy groups -OCH3 is 1. The number of hydrogen-bond donors (Lipinski definition) is 0. The second kappa shape index (κ2) is 10.3. The minimum atomic E-state index is -0.683. The fraction of sp³-hybridized carbons (Fsp3) is 0.333. The molecule has 2 aromatic carbocycles. The van der Waals surface area contributed by atoms with Crippen molar-refractivity contribution in [2.45, 2.75) is 11.3 Å². The van der Waals surface area contributed by atoms with Crippen LogP contribution in [0.4, 0.5) is 0 Å². The van der Waals surface area contributed by atoms with Gasteiger partial charge in [0.1, 0.15) is 12.4 Å². The van der Waals surface area contributed by atoms with Gasteiger partial charge in [0.2, 0.25) is 12.0 Å². The second-order valence-corrected chi connectivity index (χ2v) is 8.86. The van der Waals surface area contributed by atoms with E-state index in [2.05, 4.69) is 10.2 Å². The van der Waals surface area contributed by atoms with Gasteiger partial charge in [-0.25, -0.2) is 0 Å². The third-order valence-corrected chi connectivity index (χ3v) is 6.59. The van der Waals surface area contributed by atoms with Gasteiger partial charge < -0.3 is 28.4 Å². The van der Waals surface area contributed by atoms with Gasteiger partial charge in [-0.3, -0.25) is 9.59 Å². The fourth-order valence-electron chi connectivity index (χ4n) is 3.93. The molecule has 2 aliphatic heterocycles. The average molecular weight is 497 g/mol. The first-order valence-corrected chi connectivity index (χ1v) is 12.2. The molecule has 0 bridgehead atoms. The molecular formula is C24H24N4O6S. The third kappa shape index (κ3) is 5.04. The van der Waals surface area contributed by atoms with Crippen molar-refractivity contribution in [3.8, 4) is 28.7 Å². The van der Waals surface area contributed by atoms with Gasteiger partial charge in [0, 0.05) is 26.2 Å². The Morgan fingerprint density at radius 2 is 1.71 bits per heavy atom. The van der Waals surface area contributed by atoms with Crippen LogP contribution in [0.5, 0.6) is 17.2 Å². The summed E-state index contributed by atoms with van der Waals surface area (Å²) in [5.74, 6) is 2.16. The molecule has 1 saturated heterocycles. The van der Waals surface area contributed by atoms with Crippen LogP contribution in [-0.2, 0) is 9.59 Å². The van der Waals surface area contributed by atoms with E-state index in [1.165, 1.54) is 11.8 Å². The molecule has 0 N–H and O–H groups in total. The maximum absolute atomic E-state index is 12.9. The molecule has 3 heterocycles. The number of hydrogen-bond acceptors (Lipinski definition) is 9. The Morgan fingerprint density at radius 1 is 1.00 bits per heavy atom. The molecule has 2 aliphatic rings. The molecule has 1 fully saturated rings. The summed E-state index contributed by atoms with van der Waals surface area (Å²) in [5.41, 5.74) is 0.692. The van der Waals surface area contributed by atoms with Crippen molar-refractivity contribution in [2.24, 2.45) is 0 Å². The largest absolute Gasteiger partial charge is 0.496 e. The van der Waals surface area contributed by atoms with E-state index in [9.17, 15) is 9.59 Å². The molecule has 2 amide bonds. The molecule has 0 aliphatic carbocycles. The highest BCUT2D eigenvalue weighted by Gasteiger charge is 2.33. The van der Waals surface area contributed by atoms with Gasteiger partial charge in [-0.2, -0.15) is 0 Å². The summed E-state index contributed by atoms with van der Waals surface area (Å²) in [7, 11) is 1.58. The van der Waals surface area contributed by atoms with Crippen LogP contribution in [0.15, 0.2) is 58.2 Å². The first-order valence-electron chi connectivity index (χ1n) is 11.2. The first-order chi connectivity index (χ1) is 17.1. The predicted molar refractivity (Wildman–Crippen MR) is 127 cm³/mol. The van der Waals surface area contributed by atoms with E-state index in [4.69, 9.17) is 18.6 Å². The fourth-order valence-corrected chi connectivity index (χ4v) is 4.60. The Morgan fingerprint density at radius 3 is 2.51 bits per heavy atom. The molecule has 5 rings (SSSR count). The Labute approximate surface area is 206 Å². The number of rotatable bonds is 6. The van der Waals surface area contributed by atoms with Crippen LogP contribution >= 0.6 is 11.8 Å². The molecule has 0 radical (unpaired) electrons. The molecule has 182 valence electrons. The van der Waals surface area contributed by atoms with Crippen LogP contribution < -0.4 is 14.2 Å². The molecule has 11 heteroatoms. The number of benzene rings is 2. The van der Waals surface area contributed by atoms with Crippen LogP contribution in [0.25, 0.3) is 11.5 Å². The van der Waals surface area contributed by atoms with Crippen LogP contribution in [0.1, 0.15) is 0 Å². The number of carbonyl (C=O) groups excluding carboxylic acids is 2. The number of para-hydroxylation sites is 3. The number of piperazine rings is 1. The zero-order valence-electron chi connectivity index (χ0n) is 19.1. The summed E-state index contributed by atoms with van der Waals surface area (Å²) < 4.78 is 22.5. The van der Waals surface area contributed by atoms with E-state index in [-0.39, 0.29) is 24.2 Å². The molecule has 3 aromatic rings. The zero-order chi connectivity index (χ0) is 24.2. The van der Waals surface area contributed by atoms with Gasteiger partial charge >= 0.3 is 0 Å². The van der Waals surface area contributed by atoms with Gasteiger partial charge in [-0.15, -0.1) is 10.2 Å². The van der Waals surface area contributed by atoms with Crippen molar-refractivity contribution < 1.29 is 28.2 Å². The standard InChI is InChI=1S/C24H24N4O6S/c1-31-17-7-3-2-6-16(17)22-25-26-24(34-22)35-15-21(29)27-10-12-28(13-11-27)23(30)20-14-32-18-8-4-5-9-19(18)33-20/h2-9,20H,10-15H2,1H3. The molecule has 1 atom stereocenters. The number of nitrogens with zero attached hydrogens (tertiary/aromatic N) is 4. The molecule has 1 aromatic heterocycles. The van der Waals surface area contributed by atoms with Crippen LogP contribution in [0, 0.1) is 0 Å². The lowest BCUT2D eigenvalue weighted by atomic mass is 10.2. The van der Waals surface area contributed by atoms with Gasteiger partial charge in [-0.1, -0.05) is 36.0 Å². The van der Waals surface area contributed by atoms with Crippen LogP contribution in [0.3, 0.4) is 0 Å². The van der Waals surface area contributed by atoms with Crippen molar-refractivity contribution in [3.63, 3.8) is 0 Å². The number of thioether (sulfide) groups is 1. The maximum atomic E-state index is 12.9. The highest BCUT2D eigenvalue weighted by Crippen LogP contribution is 2.32. The lowest BCUT2D eigenvalue weighted by molar-refractivity contribution is -0.145. The van der Waals surface area contributed by atoms with Crippen molar-refractivity contribution in [3.05, 3.63) is 48.5 Å². The molecule has 0 spiro atoms. The Kier molecular flexibility index (Phi) is 6.75. The van der Waals surface area contributed by atoms with Crippen molar-refractivity contribution >= 4 is 23.6 Å². The topological polar surface area (TPSA) is 107 Å². The molecule has 10 nitrogen and oxygen atoms in total. The predicted octanol–water partition coefficient (Wildman–Crippen LogP) is 2.35. The first kappa shape index (κ1) is 23.0. The van der Waals surface area contributed by atoms with E-state index in [1.807, 2.05) is 42.5 Å². The highest BCUT2D eigenvalue weighted by molar-refractivity contribution is 7.99. The summed E-state index contributed by atoms with van der Waals surface area (Å²) >= 11 is 1.19. The van der Waals surface area contributed by atoms with Crippen LogP contribution in [-0.4, -0.2) is 83.6 Å². The quantitative estimate of drug-likeness (QED) is 0.475. The van der Waals surface area contributed by atoms with Crippen molar-refractivity contribution in [2.75, 3.05) is 45.6 Å². The summed E-state index contributed by atoms with van der Waals surface area (Å²) in [6, 6.07) is 14.6. The lowest BCUT2D eigenvalue weighted by Crippen LogP contribution is -2.55. The third-order valence-electron chi connectivity index (χ3n) is 5.79. The number of fused-ring (bicyclic) bond motifs is 1. The summed E-state index contributed by atoms with van der Waals surface area (Å²) in [4.78, 5) is 29.1. The van der Waals surface area contributed by atoms with Gasteiger partial charge in [-0.05, 0) is 24.3 Å². The number of carbonyl (C=O) groups is 2. The van der Waals surface area contributed by atoms with E-state index in [0.29, 0.717) is 60.1 Å². The van der Waals surface area contributed by atoms with Gasteiger partial charge in [0.15, 0.2) is 11.5 Å². The summed E-state index contributed by atoms with van der Waals surface area (Å²) in [6.07, 6.45) is -0.683. The second-order valence-electron chi connectivity index (χ2n) is 7.93. The van der Waals surface area contributed by atoms with E-state index in [0.717, 1.165) is 0 Å². The zero-order valence-corrected chi connectivity index (χ0v) is 19.9. The SMILES string of the molecule is COc1ccccc1-c1nnc(SCC(=O)N2CCN(C(=O)C3COc4ccccc4O3)CC2)o1. The Balaban J connectivity index is 1.10. The molecule has 0 saturated carbocycles. The number of ether oxygens (including phenoxy) is 3. The monoisotopic (exact) mass is 496 g/mol. The highest BCUT2D eigenvalue weighted by atomic mass is 32.2. The minimum absolute atomic E-state index is 0.0506. The normalized spacial score (nSPS) is 17.2. The maximum Gasteiger partial charge on any atom is 0.277 e. The van der Waals surface area contributed by atoms with E-state index >= 15 is 0 Å². The summed E-state index contributed by atoms with van der Waals surface area (Å²) in [6.45, 7) is 1.95. The van der Waals surface area contributed by atoms with Crippen LogP contribution in [0.2, 0.25) is 0 Å². The van der Waals surface area contributed by atoms with E-state index < -0.39 is 6.10 Å². The van der Waals surface area contributed by atoms with Gasteiger partial charge in [0.25, 0.3) is 17.0 Å². The van der Waals surface area contributed by atoms with E-state index in [1.54, 1.807) is 23.0 Å². The molecule has 35 heavy (non-hydrogen) atoms. The Hall–Kier alpha value is -3.73. The van der Waals surface area contributed by atoms with Gasteiger partial charge in [0.05, 0.1) is 18.4 Å². The summed E-state index contributed by atoms with van der Waals surface area (Å²) in [5, 5.41) is 8.40. The number of aromatic nitrogens is 2. The minimum Gasteiger partial charge on any atom is -0.496 e. The Bertz CT molecular complexity index is 1210. The molecule has 1 unspecified atom stereocenters. The average Bonchev–Trinajstić information content (AvgIpc) is 3.40. The number of amides is 2. The lowest BCUT2D eigenvalue weighted by Gasteiger charge is -2.37. The van der Waals surface area contributed by atoms with Crippen molar-refractivity contribution in [1.82, 2.24) is 20.0 Å². The molecular weight excluding hydrogens is 472 g/mol. The smallest absolute Gasteiger partial charge is 0.277 e. The van der Waals surface area contributed by atoms with Crippen molar-refractivity contribution in [1.29, 1.82) is 0 Å².